The van der Waals surface area contributed by atoms with Crippen LogP contribution in [0, 0.1) is 35.8 Å². The number of phenols is 5. The quantitative estimate of drug-likeness (QED) is 0.0770. The molecule has 10 aromatic heterocycles. The van der Waals surface area contributed by atoms with Crippen molar-refractivity contribution in [2.45, 2.75) is 116 Å². The lowest BCUT2D eigenvalue weighted by atomic mass is 9.80. The number of hydrogen-bond acceptors (Lipinski definition) is 12. The van der Waals surface area contributed by atoms with Crippen LogP contribution >= 0.6 is 11.6 Å². The first kappa shape index (κ1) is 78.8. The molecule has 17 nitrogen and oxygen atoms in total. The summed E-state index contributed by atoms with van der Waals surface area (Å²) in [4.78, 5) is 40.1. The van der Waals surface area contributed by atoms with Gasteiger partial charge in [-0.1, -0.05) is 11.6 Å². The summed E-state index contributed by atoms with van der Waals surface area (Å²) in [6.07, 6.45) is 25.9. The molecule has 10 N–H and O–H groups in total. The molecule has 4 aliphatic carbocycles. The van der Waals surface area contributed by atoms with Gasteiger partial charge in [-0.25, -0.2) is 8.78 Å². The number of benzene rings is 10. The second-order valence-corrected chi connectivity index (χ2v) is 34.1. The van der Waals surface area contributed by atoms with Crippen molar-refractivity contribution in [2.75, 3.05) is 6.61 Å². The van der Waals surface area contributed by atoms with Gasteiger partial charge < -0.3 is 55.2 Å². The molecule has 0 fully saturated rings. The van der Waals surface area contributed by atoms with E-state index in [2.05, 4.69) is 129 Å². The number of phenolic OH excluding ortho intramolecular Hbond substituents is 5. The second-order valence-electron chi connectivity index (χ2n) is 33.7. The van der Waals surface area contributed by atoms with Crippen LogP contribution in [0.5, 0.6) is 28.7 Å². The average Bonchev–Trinajstić information content (AvgIpc) is 1.33. The molecule has 1 atom stereocenters. The molecule has 5 aliphatic rings. The van der Waals surface area contributed by atoms with Gasteiger partial charge in [0.1, 0.15) is 23.0 Å². The van der Waals surface area contributed by atoms with E-state index in [1.54, 1.807) is 42.6 Å². The number of aromatic hydroxyl groups is 5. The smallest absolute Gasteiger partial charge is 0.187 e. The van der Waals surface area contributed by atoms with Gasteiger partial charge in [0, 0.05) is 146 Å². The third-order valence-electron chi connectivity index (χ3n) is 26.3. The van der Waals surface area contributed by atoms with E-state index >= 15 is 0 Å². The highest BCUT2D eigenvalue weighted by atomic mass is 35.5. The maximum atomic E-state index is 13.9. The summed E-state index contributed by atoms with van der Waals surface area (Å²) < 4.78 is 33.6. The zero-order valence-electron chi connectivity index (χ0n) is 69.1. The van der Waals surface area contributed by atoms with Crippen LogP contribution in [0.2, 0.25) is 5.02 Å². The third kappa shape index (κ3) is 14.2. The average molecular weight is 1680 g/mol. The molecule has 1 aliphatic heterocycles. The molecule has 20 heteroatoms. The van der Waals surface area contributed by atoms with Crippen molar-refractivity contribution in [2.24, 2.45) is 5.92 Å². The minimum atomic E-state index is -0.950. The summed E-state index contributed by atoms with van der Waals surface area (Å²) in [6, 6.07) is 61.7. The first-order chi connectivity index (χ1) is 61.6. The van der Waals surface area contributed by atoms with Gasteiger partial charge in [-0.2, -0.15) is 5.26 Å². The molecule has 0 radical (unpaired) electrons. The van der Waals surface area contributed by atoms with Crippen LogP contribution in [0.1, 0.15) is 106 Å². The van der Waals surface area contributed by atoms with Gasteiger partial charge in [0.15, 0.2) is 17.4 Å². The van der Waals surface area contributed by atoms with Gasteiger partial charge >= 0.3 is 0 Å². The number of nitrogens with one attached hydrogen (secondary N) is 5. The van der Waals surface area contributed by atoms with Crippen LogP contribution in [0.25, 0.3) is 165 Å². The molecule has 1 unspecified atom stereocenters. The normalized spacial score (nSPS) is 14.6. The topological polar surface area (TPSA) is 278 Å². The van der Waals surface area contributed by atoms with Crippen LogP contribution in [-0.2, 0) is 69.1 Å². The third-order valence-corrected chi connectivity index (χ3v) is 26.6. The Morgan fingerprint density at radius 1 is 0.357 bits per heavy atom. The van der Waals surface area contributed by atoms with Crippen molar-refractivity contribution in [1.82, 2.24) is 49.8 Å². The molecular formula is C106H86ClF2N11O6. The molecule has 0 saturated carbocycles. The molecule has 0 amide bonds. The zero-order valence-corrected chi connectivity index (χ0v) is 69.8. The van der Waals surface area contributed by atoms with Crippen molar-refractivity contribution in [3.63, 3.8) is 0 Å². The molecule has 11 heterocycles. The number of nitrogens with zero attached hydrogens (tertiary/aromatic N) is 6. The maximum absolute atomic E-state index is 13.9. The molecule has 0 spiro atoms. The number of fused-ring (bicyclic) bond motifs is 25. The minimum Gasteiger partial charge on any atom is -0.508 e. The van der Waals surface area contributed by atoms with Crippen molar-refractivity contribution < 1.29 is 39.1 Å². The van der Waals surface area contributed by atoms with E-state index in [1.165, 1.54) is 142 Å². The lowest BCUT2D eigenvalue weighted by Gasteiger charge is -2.25. The van der Waals surface area contributed by atoms with E-state index in [0.29, 0.717) is 22.9 Å². The molecule has 0 saturated heterocycles. The van der Waals surface area contributed by atoms with Gasteiger partial charge in [-0.3, -0.25) is 24.9 Å². The number of nitriles is 1. The molecule has 20 aromatic rings. The summed E-state index contributed by atoms with van der Waals surface area (Å²) in [7, 11) is 0. The lowest BCUT2D eigenvalue weighted by Crippen LogP contribution is -2.15. The largest absolute Gasteiger partial charge is 0.508 e. The van der Waals surface area contributed by atoms with Crippen molar-refractivity contribution in [1.29, 1.82) is 5.26 Å². The van der Waals surface area contributed by atoms with E-state index in [4.69, 9.17) is 16.3 Å². The summed E-state index contributed by atoms with van der Waals surface area (Å²) >= 11 is 6.16. The standard InChI is InChI=1S/C22H17N3O.C22H20N2O.C21H17ClN2O.C21H16F2N2O.C20H16N2O2/c23-12-13-1-6-16-18(11-13)22(14-2-4-15(26)5-3-14)25-20-8-7-19-17(21(16)20)9-10-24-19;1-13-12-14(6-9-20(13)25)22-16-5-3-2-4-15(16)21-17-10-11-23-18(17)7-8-19(21)24-22;22-16-11-12(5-8-19(16)25)21-14-4-2-1-3-13(14)20-15-9-10-23-17(15)6-7-18(20)24-21;22-15-9-11(10-16(23)21(15)26)20-13-4-2-1-3-12(13)19-14-7-8-24-17(14)5-6-18(19)25-20;23-13-3-1-12(2-4-13)20-16-11-24-10-8-14(16)19-15-7-9-21-17(15)5-6-18(19)22-20/h2-5,7-10,13,25-26H,1,6,11H2;6-12,24-25H,2-5H2,1H3;5-11,24-25H,1-4H2;5-10,25-26H,1-4H2;1-7,9,22-23H,8,10-11H2. The highest BCUT2D eigenvalue weighted by molar-refractivity contribution is 6.32. The first-order valence-corrected chi connectivity index (χ1v) is 43.6. The highest BCUT2D eigenvalue weighted by Crippen LogP contribution is 2.47. The number of hydrogen-bond donors (Lipinski definition) is 10. The summed E-state index contributed by atoms with van der Waals surface area (Å²) in [5, 5.41) is 70.3. The van der Waals surface area contributed by atoms with E-state index in [9.17, 15) is 39.6 Å². The number of aromatic nitrogens is 10. The van der Waals surface area contributed by atoms with Gasteiger partial charge in [0.05, 0.1) is 63.5 Å². The number of pyridine rings is 5. The molecule has 10 aromatic carbocycles. The fraction of sp³-hybridized carbons (Fsp3) is 0.189. The molecule has 0 bridgehead atoms. The van der Waals surface area contributed by atoms with Crippen LogP contribution in [0.4, 0.5) is 8.78 Å². The number of H-pyrrole nitrogens is 5. The Morgan fingerprint density at radius 3 is 1.07 bits per heavy atom. The Bertz CT molecular complexity index is 7610. The van der Waals surface area contributed by atoms with Gasteiger partial charge in [0.25, 0.3) is 0 Å². The van der Waals surface area contributed by atoms with Crippen LogP contribution in [0.3, 0.4) is 0 Å². The molecule has 622 valence electrons. The SMILES string of the molecule is Cc1cc(-c2[nH]c3ccc4nccc4c3c3c2CCCC3)ccc1O.N#CC1CCc2c(c(-c3ccc(O)cc3)[nH]c3ccc4nccc4c23)C1.Oc1c(F)cc(-c2[nH]c3ccc4nccc4c3c3c2CCCC3)cc1F.Oc1ccc(-c2[nH]c3ccc4nccc4c3c3c2CCCC3)cc1Cl.Oc1ccc(-c2[nH]c3ccc4nccc4c3c3c2COCC3)cc1. The lowest BCUT2D eigenvalue weighted by molar-refractivity contribution is 0.111. The minimum absolute atomic E-state index is 0.0428. The van der Waals surface area contributed by atoms with E-state index < -0.39 is 17.4 Å². The number of ether oxygens (including phenoxy) is 1. The van der Waals surface area contributed by atoms with Gasteiger partial charge in [-0.05, 0) is 376 Å². The summed E-state index contributed by atoms with van der Waals surface area (Å²) in [5.41, 5.74) is 34.4. The van der Waals surface area contributed by atoms with Crippen LogP contribution < -0.4 is 0 Å². The van der Waals surface area contributed by atoms with Gasteiger partial charge in [-0.15, -0.1) is 0 Å². The van der Waals surface area contributed by atoms with E-state index in [1.807, 2.05) is 98.4 Å². The van der Waals surface area contributed by atoms with Crippen molar-refractivity contribution in [3.8, 4) is 91.1 Å². The monoisotopic (exact) mass is 1680 g/mol. The number of halogens is 3. The Labute approximate surface area is 727 Å². The number of aromatic amines is 5. The molecule has 25 rings (SSSR count). The van der Waals surface area contributed by atoms with Crippen LogP contribution in [0.15, 0.2) is 219 Å². The summed E-state index contributed by atoms with van der Waals surface area (Å²) in [6.45, 7) is 3.29. The van der Waals surface area contributed by atoms with Crippen LogP contribution in [-0.4, -0.2) is 82.0 Å². The predicted molar refractivity (Wildman–Crippen MR) is 498 cm³/mol. The Kier molecular flexibility index (Phi) is 20.4. The van der Waals surface area contributed by atoms with E-state index in [-0.39, 0.29) is 23.2 Å². The van der Waals surface area contributed by atoms with Gasteiger partial charge in [0.2, 0.25) is 0 Å². The fourth-order valence-electron chi connectivity index (χ4n) is 20.3. The van der Waals surface area contributed by atoms with Crippen molar-refractivity contribution in [3.05, 3.63) is 297 Å². The Hall–Kier alpha value is -14.5. The van der Waals surface area contributed by atoms with Crippen molar-refractivity contribution >= 4 is 121 Å². The Balaban J connectivity index is 0.0000000961. The summed E-state index contributed by atoms with van der Waals surface area (Å²) in [5.74, 6) is -1.80. The molecular weight excluding hydrogens is 1600 g/mol. The maximum Gasteiger partial charge on any atom is 0.187 e. The van der Waals surface area contributed by atoms with E-state index in [0.717, 1.165) is 200 Å². The first-order valence-electron chi connectivity index (χ1n) is 43.2. The Morgan fingerprint density at radius 2 is 0.690 bits per heavy atom. The number of rotatable bonds is 5. The highest BCUT2D eigenvalue weighted by Gasteiger charge is 2.30. The molecule has 126 heavy (non-hydrogen) atoms. The predicted octanol–water partition coefficient (Wildman–Crippen LogP) is 25.0. The fourth-order valence-corrected chi connectivity index (χ4v) is 20.5. The second kappa shape index (κ2) is 32.7. The number of aryl methyl sites for hydroxylation is 5. The zero-order chi connectivity index (χ0) is 85.5.